The van der Waals surface area contributed by atoms with Crippen molar-refractivity contribution in [3.05, 3.63) is 51.6 Å². The van der Waals surface area contributed by atoms with Gasteiger partial charge in [0.15, 0.2) is 5.69 Å². The lowest BCUT2D eigenvalue weighted by molar-refractivity contribution is 0.0957. The summed E-state index contributed by atoms with van der Waals surface area (Å²) < 4.78 is 0. The number of aromatic nitrogens is 2. The van der Waals surface area contributed by atoms with E-state index in [1.807, 2.05) is 13.0 Å². The lowest BCUT2D eigenvalue weighted by Gasteiger charge is -2.16. The average molecular weight is 325 g/mol. The van der Waals surface area contributed by atoms with Crippen LogP contribution < -0.4 is 10.6 Å². The van der Waals surface area contributed by atoms with Crippen molar-refractivity contribution < 1.29 is 4.79 Å². The molecule has 0 spiro atoms. The summed E-state index contributed by atoms with van der Waals surface area (Å²) in [6.07, 6.45) is 0. The second-order valence-electron chi connectivity index (χ2n) is 4.41. The van der Waals surface area contributed by atoms with E-state index in [2.05, 4.69) is 20.8 Å². The molecule has 7 heteroatoms. The SMILES string of the molecule is CNC(=O)c1ccc(NC(C)c2ccc(Cl)cc2Cl)nn1. The van der Waals surface area contributed by atoms with Crippen LogP contribution >= 0.6 is 23.2 Å². The Morgan fingerprint density at radius 3 is 2.52 bits per heavy atom. The molecule has 1 aromatic heterocycles. The third kappa shape index (κ3) is 3.83. The first-order valence-electron chi connectivity index (χ1n) is 6.28. The molecule has 110 valence electrons. The van der Waals surface area contributed by atoms with Gasteiger partial charge in [0.25, 0.3) is 5.91 Å². The van der Waals surface area contributed by atoms with Gasteiger partial charge in [-0.05, 0) is 36.8 Å². The zero-order valence-electron chi connectivity index (χ0n) is 11.5. The monoisotopic (exact) mass is 324 g/mol. The highest BCUT2D eigenvalue weighted by molar-refractivity contribution is 6.35. The van der Waals surface area contributed by atoms with Crippen molar-refractivity contribution in [3.8, 4) is 0 Å². The molecule has 0 bridgehead atoms. The zero-order chi connectivity index (χ0) is 15.4. The smallest absolute Gasteiger partial charge is 0.271 e. The molecule has 0 aliphatic rings. The summed E-state index contributed by atoms with van der Waals surface area (Å²) in [5.74, 6) is 0.281. The molecule has 0 fully saturated rings. The summed E-state index contributed by atoms with van der Waals surface area (Å²) in [4.78, 5) is 11.4. The summed E-state index contributed by atoms with van der Waals surface area (Å²) in [6.45, 7) is 1.95. The molecule has 1 aromatic carbocycles. The molecule has 0 radical (unpaired) electrons. The predicted octanol–water partition coefficient (Wildman–Crippen LogP) is 3.32. The van der Waals surface area contributed by atoms with Crippen LogP contribution in [0.4, 0.5) is 5.82 Å². The maximum atomic E-state index is 11.4. The maximum Gasteiger partial charge on any atom is 0.271 e. The average Bonchev–Trinajstić information content (AvgIpc) is 2.47. The minimum Gasteiger partial charge on any atom is -0.362 e. The van der Waals surface area contributed by atoms with Crippen LogP contribution in [0.15, 0.2) is 30.3 Å². The third-order valence-electron chi connectivity index (χ3n) is 2.92. The van der Waals surface area contributed by atoms with Crippen molar-refractivity contribution in [2.24, 2.45) is 0 Å². The highest BCUT2D eigenvalue weighted by Crippen LogP contribution is 2.27. The number of anilines is 1. The topological polar surface area (TPSA) is 66.9 Å². The molecular weight excluding hydrogens is 311 g/mol. The third-order valence-corrected chi connectivity index (χ3v) is 3.48. The quantitative estimate of drug-likeness (QED) is 0.905. The molecule has 0 aliphatic carbocycles. The van der Waals surface area contributed by atoms with Crippen molar-refractivity contribution in [3.63, 3.8) is 0 Å². The molecule has 21 heavy (non-hydrogen) atoms. The van der Waals surface area contributed by atoms with Crippen LogP contribution in [0.3, 0.4) is 0 Å². The Morgan fingerprint density at radius 1 is 1.19 bits per heavy atom. The Balaban J connectivity index is 2.12. The molecule has 1 unspecified atom stereocenters. The molecular formula is C14H14Cl2N4O. The minimum atomic E-state index is -0.275. The van der Waals surface area contributed by atoms with E-state index < -0.39 is 0 Å². The highest BCUT2D eigenvalue weighted by atomic mass is 35.5. The van der Waals surface area contributed by atoms with E-state index in [-0.39, 0.29) is 17.6 Å². The maximum absolute atomic E-state index is 11.4. The number of amides is 1. The summed E-state index contributed by atoms with van der Waals surface area (Å²) >= 11 is 12.0. The number of rotatable bonds is 4. The van der Waals surface area contributed by atoms with Crippen molar-refractivity contribution in [1.82, 2.24) is 15.5 Å². The Morgan fingerprint density at radius 2 is 1.95 bits per heavy atom. The molecule has 2 rings (SSSR count). The second-order valence-corrected chi connectivity index (χ2v) is 5.26. The summed E-state index contributed by atoms with van der Waals surface area (Å²) in [6, 6.07) is 8.55. The van der Waals surface area contributed by atoms with Crippen molar-refractivity contribution in [2.45, 2.75) is 13.0 Å². The molecule has 1 amide bonds. The van der Waals surface area contributed by atoms with Gasteiger partial charge in [-0.1, -0.05) is 29.3 Å². The van der Waals surface area contributed by atoms with Crippen LogP contribution in [0.2, 0.25) is 10.0 Å². The second kappa shape index (κ2) is 6.74. The van der Waals surface area contributed by atoms with Gasteiger partial charge in [0.2, 0.25) is 0 Å². The van der Waals surface area contributed by atoms with E-state index in [1.165, 1.54) is 0 Å². The Labute approximate surface area is 132 Å². The van der Waals surface area contributed by atoms with E-state index in [0.29, 0.717) is 15.9 Å². The summed E-state index contributed by atoms with van der Waals surface area (Å²) in [7, 11) is 1.54. The van der Waals surface area contributed by atoms with Crippen molar-refractivity contribution >= 4 is 34.9 Å². The summed E-state index contributed by atoms with van der Waals surface area (Å²) in [5, 5.41) is 14.7. The van der Waals surface area contributed by atoms with Gasteiger partial charge in [-0.3, -0.25) is 4.79 Å². The number of nitrogens with zero attached hydrogens (tertiary/aromatic N) is 2. The van der Waals surface area contributed by atoms with Crippen LogP contribution in [-0.2, 0) is 0 Å². The molecule has 0 saturated heterocycles. The van der Waals surface area contributed by atoms with Crippen LogP contribution in [0.1, 0.15) is 29.0 Å². The summed E-state index contributed by atoms with van der Waals surface area (Å²) in [5.41, 5.74) is 1.17. The van der Waals surface area contributed by atoms with E-state index in [4.69, 9.17) is 23.2 Å². The highest BCUT2D eigenvalue weighted by Gasteiger charge is 2.12. The molecule has 1 heterocycles. The van der Waals surface area contributed by atoms with Crippen LogP contribution in [0.5, 0.6) is 0 Å². The number of halogens is 2. The first-order chi connectivity index (χ1) is 10.0. The fourth-order valence-electron chi connectivity index (χ4n) is 1.81. The molecule has 2 N–H and O–H groups in total. The first kappa shape index (κ1) is 15.5. The van der Waals surface area contributed by atoms with Gasteiger partial charge in [-0.2, -0.15) is 0 Å². The molecule has 0 aliphatic heterocycles. The zero-order valence-corrected chi connectivity index (χ0v) is 13.0. The van der Waals surface area contributed by atoms with E-state index >= 15 is 0 Å². The van der Waals surface area contributed by atoms with Gasteiger partial charge in [0, 0.05) is 17.1 Å². The lowest BCUT2D eigenvalue weighted by atomic mass is 10.1. The van der Waals surface area contributed by atoms with Crippen LogP contribution in [-0.4, -0.2) is 23.2 Å². The normalized spacial score (nSPS) is 11.8. The lowest BCUT2D eigenvalue weighted by Crippen LogP contribution is -2.20. The van der Waals surface area contributed by atoms with E-state index in [0.717, 1.165) is 5.56 Å². The van der Waals surface area contributed by atoms with Gasteiger partial charge in [0.05, 0.1) is 6.04 Å². The number of hydrogen-bond acceptors (Lipinski definition) is 4. The van der Waals surface area contributed by atoms with Crippen LogP contribution in [0, 0.1) is 0 Å². The molecule has 1 atom stereocenters. The van der Waals surface area contributed by atoms with Crippen LogP contribution in [0.25, 0.3) is 0 Å². The number of carbonyl (C=O) groups is 1. The Bertz CT molecular complexity index is 646. The number of nitrogens with one attached hydrogen (secondary N) is 2. The first-order valence-corrected chi connectivity index (χ1v) is 7.04. The minimum absolute atomic E-state index is 0.0741. The fourth-order valence-corrected chi connectivity index (χ4v) is 2.38. The van der Waals surface area contributed by atoms with Gasteiger partial charge >= 0.3 is 0 Å². The van der Waals surface area contributed by atoms with E-state index in [9.17, 15) is 4.79 Å². The molecule has 2 aromatic rings. The number of carbonyl (C=O) groups excluding carboxylic acids is 1. The fraction of sp³-hybridized carbons (Fsp3) is 0.214. The van der Waals surface area contributed by atoms with E-state index in [1.54, 1.807) is 31.3 Å². The van der Waals surface area contributed by atoms with Crippen molar-refractivity contribution in [1.29, 1.82) is 0 Å². The standard InChI is InChI=1S/C14H14Cl2N4O/c1-8(10-4-3-9(15)7-11(10)16)18-13-6-5-12(19-20-13)14(21)17-2/h3-8H,1-2H3,(H,17,21)(H,18,20). The van der Waals surface area contributed by atoms with Crippen molar-refractivity contribution in [2.75, 3.05) is 12.4 Å². The largest absolute Gasteiger partial charge is 0.362 e. The Hall–Kier alpha value is -1.85. The molecule has 0 saturated carbocycles. The van der Waals surface area contributed by atoms with Gasteiger partial charge in [-0.25, -0.2) is 0 Å². The Kier molecular flexibility index (Phi) is 4.98. The number of hydrogen-bond donors (Lipinski definition) is 2. The van der Waals surface area contributed by atoms with Gasteiger partial charge < -0.3 is 10.6 Å². The molecule has 5 nitrogen and oxygen atoms in total. The predicted molar refractivity (Wildman–Crippen MR) is 83.9 cm³/mol. The van der Waals surface area contributed by atoms with Gasteiger partial charge in [0.1, 0.15) is 5.82 Å². The van der Waals surface area contributed by atoms with Gasteiger partial charge in [-0.15, -0.1) is 10.2 Å². The number of benzene rings is 1.